The lowest BCUT2D eigenvalue weighted by Crippen LogP contribution is -2.30. The summed E-state index contributed by atoms with van der Waals surface area (Å²) in [4.78, 5) is 18.6. The van der Waals surface area contributed by atoms with Gasteiger partial charge in [0.05, 0.1) is 28.0 Å². The van der Waals surface area contributed by atoms with Crippen LogP contribution in [0.25, 0.3) is 5.69 Å². The number of benzene rings is 2. The molecule has 206 valence electrons. The van der Waals surface area contributed by atoms with Crippen LogP contribution < -0.4 is 15.5 Å². The van der Waals surface area contributed by atoms with E-state index >= 15 is 0 Å². The van der Waals surface area contributed by atoms with E-state index in [-0.39, 0.29) is 11.8 Å². The highest BCUT2D eigenvalue weighted by Crippen LogP contribution is 2.43. The van der Waals surface area contributed by atoms with E-state index in [4.69, 9.17) is 23.8 Å². The number of thiocarbonyl (C=S) groups is 1. The number of hydrogen-bond acceptors (Lipinski definition) is 3. The van der Waals surface area contributed by atoms with Crippen molar-refractivity contribution in [3.8, 4) is 5.69 Å². The van der Waals surface area contributed by atoms with E-state index in [1.807, 2.05) is 23.1 Å². The summed E-state index contributed by atoms with van der Waals surface area (Å²) >= 11 is 12.4. The van der Waals surface area contributed by atoms with Crippen molar-refractivity contribution >= 4 is 46.2 Å². The highest BCUT2D eigenvalue weighted by atomic mass is 35.5. The third kappa shape index (κ3) is 5.41. The van der Waals surface area contributed by atoms with Gasteiger partial charge in [0, 0.05) is 35.4 Å². The van der Waals surface area contributed by atoms with Crippen LogP contribution in [0.3, 0.4) is 0 Å². The lowest BCUT2D eigenvalue weighted by molar-refractivity contribution is -0.137. The molecule has 6 nitrogen and oxygen atoms in total. The number of rotatable bonds is 6. The average Bonchev–Trinajstić information content (AvgIpc) is 3.54. The zero-order valence-corrected chi connectivity index (χ0v) is 23.1. The van der Waals surface area contributed by atoms with Crippen LogP contribution in [-0.4, -0.2) is 20.6 Å². The maximum Gasteiger partial charge on any atom is 0.416 e. The summed E-state index contributed by atoms with van der Waals surface area (Å²) in [6.07, 6.45) is -1.09. The van der Waals surface area contributed by atoms with Crippen molar-refractivity contribution in [3.63, 3.8) is 0 Å². The fourth-order valence-corrected chi connectivity index (χ4v) is 5.24. The van der Waals surface area contributed by atoms with E-state index in [1.54, 1.807) is 67.2 Å². The first kappa shape index (κ1) is 27.7. The van der Waals surface area contributed by atoms with Crippen molar-refractivity contribution in [2.24, 2.45) is 5.92 Å². The Morgan fingerprint density at radius 3 is 2.52 bits per heavy atom. The van der Waals surface area contributed by atoms with Gasteiger partial charge < -0.3 is 20.1 Å². The number of aromatic nitrogens is 2. The van der Waals surface area contributed by atoms with E-state index < -0.39 is 23.8 Å². The smallest absolute Gasteiger partial charge is 0.351 e. The summed E-state index contributed by atoms with van der Waals surface area (Å²) in [5, 5.41) is 6.88. The molecule has 4 aromatic rings. The fourth-order valence-electron chi connectivity index (χ4n) is 4.67. The number of halogens is 4. The molecular formula is C29H25ClF3N5OS. The molecule has 5 rings (SSSR count). The highest BCUT2D eigenvalue weighted by Gasteiger charge is 2.42. The van der Waals surface area contributed by atoms with Crippen molar-refractivity contribution < 1.29 is 18.0 Å². The van der Waals surface area contributed by atoms with Crippen LogP contribution in [0.2, 0.25) is 5.02 Å². The predicted octanol–water partition coefficient (Wildman–Crippen LogP) is 7.32. The van der Waals surface area contributed by atoms with Gasteiger partial charge in [-0.05, 0) is 72.9 Å². The maximum atomic E-state index is 13.5. The van der Waals surface area contributed by atoms with E-state index in [0.29, 0.717) is 38.6 Å². The molecule has 11 heteroatoms. The van der Waals surface area contributed by atoms with Gasteiger partial charge in [-0.15, -0.1) is 0 Å². The molecule has 0 unspecified atom stereocenters. The van der Waals surface area contributed by atoms with Crippen molar-refractivity contribution in [2.45, 2.75) is 32.1 Å². The minimum Gasteiger partial charge on any atom is -0.351 e. The van der Waals surface area contributed by atoms with Crippen molar-refractivity contribution in [1.82, 2.24) is 14.9 Å². The first-order valence-electron chi connectivity index (χ1n) is 12.5. The first-order valence-corrected chi connectivity index (χ1v) is 13.3. The zero-order chi connectivity index (χ0) is 28.6. The molecule has 1 fully saturated rings. The van der Waals surface area contributed by atoms with Gasteiger partial charge in [0.15, 0.2) is 5.11 Å². The summed E-state index contributed by atoms with van der Waals surface area (Å²) in [6, 6.07) is 18.6. The molecule has 0 radical (unpaired) electrons. The van der Waals surface area contributed by atoms with Crippen molar-refractivity contribution in [2.75, 3.05) is 10.2 Å². The Balaban J connectivity index is 1.61. The van der Waals surface area contributed by atoms with E-state index in [1.165, 1.54) is 6.07 Å². The Morgan fingerprint density at radius 2 is 1.85 bits per heavy atom. The largest absolute Gasteiger partial charge is 0.416 e. The molecule has 2 N–H and O–H groups in total. The molecule has 0 spiro atoms. The molecule has 1 saturated heterocycles. The summed E-state index contributed by atoms with van der Waals surface area (Å²) < 4.78 is 42.3. The van der Waals surface area contributed by atoms with E-state index in [2.05, 4.69) is 15.6 Å². The molecule has 1 amide bonds. The standard InChI is InChI=1S/C29H25ClF3N5OS/c1-17(2)27(39)35-22-12-11-20(16-21(22)30)38-26(25(36-28(38)40)23-9-3-4-13-34-23)24-10-6-14-37(24)19-8-5-7-18(15-19)29(31,32)33/h3-17,25-26H,1-2H3,(H,35,39)(H,36,40)/t25-,26+/m0/s1. The number of nitrogens with zero attached hydrogens (tertiary/aromatic N) is 3. The first-order chi connectivity index (χ1) is 19.0. The number of pyridine rings is 1. The third-order valence-corrected chi connectivity index (χ3v) is 7.27. The molecule has 40 heavy (non-hydrogen) atoms. The molecule has 1 aliphatic heterocycles. The summed E-state index contributed by atoms with van der Waals surface area (Å²) in [6.45, 7) is 3.57. The molecule has 1 aliphatic rings. The lowest BCUT2D eigenvalue weighted by atomic mass is 10.0. The topological polar surface area (TPSA) is 62.2 Å². The van der Waals surface area contributed by atoms with Crippen LogP contribution in [0.15, 0.2) is 85.2 Å². The van der Waals surface area contributed by atoms with Crippen LogP contribution in [-0.2, 0) is 11.0 Å². The van der Waals surface area contributed by atoms with Crippen molar-refractivity contribution in [1.29, 1.82) is 0 Å². The van der Waals surface area contributed by atoms with E-state index in [9.17, 15) is 18.0 Å². The van der Waals surface area contributed by atoms with Gasteiger partial charge in [0.25, 0.3) is 0 Å². The van der Waals surface area contributed by atoms with Crippen LogP contribution in [0.1, 0.15) is 42.9 Å². The number of alkyl halides is 3. The highest BCUT2D eigenvalue weighted by molar-refractivity contribution is 7.80. The third-order valence-electron chi connectivity index (χ3n) is 6.65. The van der Waals surface area contributed by atoms with Crippen LogP contribution in [0, 0.1) is 5.92 Å². The number of hydrogen-bond donors (Lipinski definition) is 2. The Morgan fingerprint density at radius 1 is 1.05 bits per heavy atom. The average molecular weight is 584 g/mol. The van der Waals surface area contributed by atoms with E-state index in [0.717, 1.165) is 12.1 Å². The van der Waals surface area contributed by atoms with Crippen LogP contribution >= 0.6 is 23.8 Å². The van der Waals surface area contributed by atoms with Crippen molar-refractivity contribution in [3.05, 3.63) is 107 Å². The zero-order valence-electron chi connectivity index (χ0n) is 21.5. The Bertz CT molecular complexity index is 1560. The van der Waals surface area contributed by atoms with Gasteiger partial charge in [-0.25, -0.2) is 0 Å². The lowest BCUT2D eigenvalue weighted by Gasteiger charge is -2.29. The molecule has 2 aromatic carbocycles. The molecule has 2 aromatic heterocycles. The normalized spacial score (nSPS) is 17.3. The monoisotopic (exact) mass is 583 g/mol. The van der Waals surface area contributed by atoms with Gasteiger partial charge in [0.1, 0.15) is 6.04 Å². The van der Waals surface area contributed by atoms with Crippen LogP contribution in [0.4, 0.5) is 24.5 Å². The molecule has 2 atom stereocenters. The molecule has 3 heterocycles. The number of anilines is 2. The van der Waals surface area contributed by atoms with Gasteiger partial charge in [-0.1, -0.05) is 37.6 Å². The Kier molecular flexibility index (Phi) is 7.57. The molecule has 0 saturated carbocycles. The minimum atomic E-state index is -4.48. The number of nitrogens with one attached hydrogen (secondary N) is 2. The molecule has 0 aliphatic carbocycles. The second-order valence-electron chi connectivity index (χ2n) is 9.66. The van der Waals surface area contributed by atoms with Gasteiger partial charge >= 0.3 is 6.18 Å². The Labute approximate surface area is 239 Å². The predicted molar refractivity (Wildman–Crippen MR) is 154 cm³/mol. The number of carbonyl (C=O) groups is 1. The second-order valence-corrected chi connectivity index (χ2v) is 10.4. The summed E-state index contributed by atoms with van der Waals surface area (Å²) in [5.41, 5.74) is 2.13. The fraction of sp³-hybridized carbons (Fsp3) is 0.207. The molecular weight excluding hydrogens is 559 g/mol. The number of amides is 1. The van der Waals surface area contributed by atoms with Gasteiger partial charge in [0.2, 0.25) is 5.91 Å². The SMILES string of the molecule is CC(C)C(=O)Nc1ccc(N2C(=S)N[C@@H](c3ccccn3)[C@H]2c2cccn2-c2cccc(C(F)(F)F)c2)cc1Cl. The number of carbonyl (C=O) groups excluding carboxylic acids is 1. The maximum absolute atomic E-state index is 13.5. The summed E-state index contributed by atoms with van der Waals surface area (Å²) in [5.74, 6) is -0.390. The quantitative estimate of drug-likeness (QED) is 0.233. The summed E-state index contributed by atoms with van der Waals surface area (Å²) in [7, 11) is 0. The van der Waals surface area contributed by atoms with Gasteiger partial charge in [-0.2, -0.15) is 13.2 Å². The second kappa shape index (κ2) is 10.9. The molecule has 0 bridgehead atoms. The van der Waals surface area contributed by atoms with Crippen LogP contribution in [0.5, 0.6) is 0 Å². The van der Waals surface area contributed by atoms with Gasteiger partial charge in [-0.3, -0.25) is 9.78 Å². The Hall–Kier alpha value is -3.89. The minimum absolute atomic E-state index is 0.167.